The van der Waals surface area contributed by atoms with Gasteiger partial charge in [0.2, 0.25) is 11.8 Å². The molecule has 2 aromatic rings. The molecular weight excluding hydrogens is 342 g/mol. The molecule has 140 valence electrons. The Morgan fingerprint density at radius 2 is 1.41 bits per heavy atom. The zero-order chi connectivity index (χ0) is 19.1. The standard InChI is InChI=1S/C21H23N3O3/c1-13-7-8-14(2)24(13)22-19(25)15-9-11-16(12-10-15)23-20(26)17-5-3-4-6-18(17)21(23)27/h7-12,17-18H,3-6H2,1-2H3,(H,22,25)/t17-,18+. The number of fused-ring (bicyclic) bond motifs is 1. The minimum Gasteiger partial charge on any atom is -0.274 e. The summed E-state index contributed by atoms with van der Waals surface area (Å²) in [5.74, 6) is -0.777. The van der Waals surface area contributed by atoms with Crippen LogP contribution in [0, 0.1) is 25.7 Å². The van der Waals surface area contributed by atoms with Gasteiger partial charge in [-0.25, -0.2) is 0 Å². The van der Waals surface area contributed by atoms with Crippen LogP contribution in [0.4, 0.5) is 5.69 Å². The number of nitrogens with zero attached hydrogens (tertiary/aromatic N) is 2. The van der Waals surface area contributed by atoms with Crippen LogP contribution in [-0.4, -0.2) is 22.4 Å². The van der Waals surface area contributed by atoms with Crippen molar-refractivity contribution in [2.45, 2.75) is 39.5 Å². The molecule has 1 aliphatic heterocycles. The Bertz CT molecular complexity index is 870. The van der Waals surface area contributed by atoms with E-state index >= 15 is 0 Å². The summed E-state index contributed by atoms with van der Waals surface area (Å²) in [5, 5.41) is 0. The summed E-state index contributed by atoms with van der Waals surface area (Å²) in [5.41, 5.74) is 5.75. The summed E-state index contributed by atoms with van der Waals surface area (Å²) in [6, 6.07) is 10.5. The van der Waals surface area contributed by atoms with E-state index in [-0.39, 0.29) is 29.6 Å². The topological polar surface area (TPSA) is 71.4 Å². The van der Waals surface area contributed by atoms with E-state index in [2.05, 4.69) is 5.43 Å². The molecule has 2 heterocycles. The maximum atomic E-state index is 12.7. The number of aromatic nitrogens is 1. The van der Waals surface area contributed by atoms with E-state index in [1.165, 1.54) is 4.90 Å². The van der Waals surface area contributed by atoms with E-state index in [4.69, 9.17) is 0 Å². The number of aryl methyl sites for hydroxylation is 2. The molecule has 1 aliphatic carbocycles. The fourth-order valence-corrected chi connectivity index (χ4v) is 4.19. The Labute approximate surface area is 158 Å². The van der Waals surface area contributed by atoms with Gasteiger partial charge in [0.15, 0.2) is 0 Å². The van der Waals surface area contributed by atoms with Crippen molar-refractivity contribution in [1.82, 2.24) is 4.68 Å². The minimum atomic E-state index is -0.239. The number of carbonyl (C=O) groups excluding carboxylic acids is 3. The van der Waals surface area contributed by atoms with Gasteiger partial charge in [-0.3, -0.25) is 29.4 Å². The number of nitrogens with one attached hydrogen (secondary N) is 1. The number of hydrogen-bond donors (Lipinski definition) is 1. The van der Waals surface area contributed by atoms with Crippen LogP contribution in [0.25, 0.3) is 0 Å². The van der Waals surface area contributed by atoms with E-state index < -0.39 is 0 Å². The average Bonchev–Trinajstić information content (AvgIpc) is 3.13. The molecule has 0 radical (unpaired) electrons. The van der Waals surface area contributed by atoms with Crippen molar-refractivity contribution < 1.29 is 14.4 Å². The van der Waals surface area contributed by atoms with Gasteiger partial charge in [0.1, 0.15) is 0 Å². The van der Waals surface area contributed by atoms with Crippen LogP contribution in [0.1, 0.15) is 47.4 Å². The van der Waals surface area contributed by atoms with Crippen LogP contribution < -0.4 is 10.3 Å². The van der Waals surface area contributed by atoms with Gasteiger partial charge in [0.25, 0.3) is 5.91 Å². The smallest absolute Gasteiger partial charge is 0.270 e. The number of carbonyl (C=O) groups is 3. The highest BCUT2D eigenvalue weighted by Crippen LogP contribution is 2.40. The van der Waals surface area contributed by atoms with Gasteiger partial charge >= 0.3 is 0 Å². The van der Waals surface area contributed by atoms with E-state index in [0.29, 0.717) is 11.3 Å². The van der Waals surface area contributed by atoms with Crippen LogP contribution >= 0.6 is 0 Å². The van der Waals surface area contributed by atoms with Gasteiger partial charge in [-0.2, -0.15) is 0 Å². The van der Waals surface area contributed by atoms with Gasteiger partial charge < -0.3 is 0 Å². The monoisotopic (exact) mass is 365 g/mol. The predicted molar refractivity (Wildman–Crippen MR) is 102 cm³/mol. The number of amides is 3. The molecule has 1 saturated carbocycles. The fourth-order valence-electron chi connectivity index (χ4n) is 4.19. The molecule has 4 rings (SSSR count). The van der Waals surface area contributed by atoms with Crippen molar-refractivity contribution in [2.75, 3.05) is 10.3 Å². The first kappa shape index (κ1) is 17.5. The Balaban J connectivity index is 1.53. The lowest BCUT2D eigenvalue weighted by molar-refractivity contribution is -0.122. The van der Waals surface area contributed by atoms with Crippen molar-refractivity contribution in [3.05, 3.63) is 53.3 Å². The van der Waals surface area contributed by atoms with Crippen LogP contribution in [0.15, 0.2) is 36.4 Å². The highest BCUT2D eigenvalue weighted by atomic mass is 16.2. The molecule has 0 spiro atoms. The molecule has 0 bridgehead atoms. The third-order valence-electron chi connectivity index (χ3n) is 5.71. The highest BCUT2D eigenvalue weighted by molar-refractivity contribution is 6.22. The zero-order valence-corrected chi connectivity index (χ0v) is 15.6. The molecule has 1 N–H and O–H groups in total. The number of anilines is 1. The largest absolute Gasteiger partial charge is 0.274 e. The summed E-state index contributed by atoms with van der Waals surface area (Å²) in [6.07, 6.45) is 3.60. The fraction of sp³-hybridized carbons (Fsp3) is 0.381. The first-order chi connectivity index (χ1) is 13.0. The number of rotatable bonds is 3. The molecule has 1 aromatic carbocycles. The van der Waals surface area contributed by atoms with Crippen LogP contribution in [0.5, 0.6) is 0 Å². The minimum absolute atomic E-state index is 0.0968. The summed E-state index contributed by atoms with van der Waals surface area (Å²) < 4.78 is 1.73. The van der Waals surface area contributed by atoms with Crippen molar-refractivity contribution in [1.29, 1.82) is 0 Å². The zero-order valence-electron chi connectivity index (χ0n) is 15.6. The first-order valence-corrected chi connectivity index (χ1v) is 9.41. The molecule has 1 saturated heterocycles. The highest BCUT2D eigenvalue weighted by Gasteiger charge is 2.48. The molecule has 2 aliphatic rings. The van der Waals surface area contributed by atoms with Gasteiger partial charge in [0.05, 0.1) is 17.5 Å². The summed E-state index contributed by atoms with van der Waals surface area (Å²) >= 11 is 0. The SMILES string of the molecule is Cc1ccc(C)n1NC(=O)c1ccc(N2C(=O)[C@H]3CCCC[C@H]3C2=O)cc1. The summed E-state index contributed by atoms with van der Waals surface area (Å²) in [6.45, 7) is 3.83. The molecule has 1 aromatic heterocycles. The summed E-state index contributed by atoms with van der Waals surface area (Å²) in [7, 11) is 0. The van der Waals surface area contributed by atoms with E-state index in [0.717, 1.165) is 37.1 Å². The predicted octanol–water partition coefficient (Wildman–Crippen LogP) is 3.17. The van der Waals surface area contributed by atoms with Crippen molar-refractivity contribution >= 4 is 23.4 Å². The van der Waals surface area contributed by atoms with E-state index in [9.17, 15) is 14.4 Å². The van der Waals surface area contributed by atoms with Gasteiger partial charge in [-0.15, -0.1) is 0 Å². The lowest BCUT2D eigenvalue weighted by Crippen LogP contribution is -2.31. The van der Waals surface area contributed by atoms with Gasteiger partial charge in [0, 0.05) is 17.0 Å². The summed E-state index contributed by atoms with van der Waals surface area (Å²) in [4.78, 5) is 39.2. The van der Waals surface area contributed by atoms with Crippen molar-refractivity contribution in [3.8, 4) is 0 Å². The van der Waals surface area contributed by atoms with Crippen LogP contribution in [-0.2, 0) is 9.59 Å². The first-order valence-electron chi connectivity index (χ1n) is 9.41. The normalized spacial score (nSPS) is 22.1. The molecule has 6 heteroatoms. The van der Waals surface area contributed by atoms with Crippen molar-refractivity contribution in [2.24, 2.45) is 11.8 Å². The molecular formula is C21H23N3O3. The number of benzene rings is 1. The second-order valence-electron chi connectivity index (χ2n) is 7.45. The Morgan fingerprint density at radius 1 is 0.889 bits per heavy atom. The van der Waals surface area contributed by atoms with E-state index in [1.807, 2.05) is 26.0 Å². The third-order valence-corrected chi connectivity index (χ3v) is 5.71. The van der Waals surface area contributed by atoms with Crippen LogP contribution in [0.3, 0.4) is 0 Å². The molecule has 27 heavy (non-hydrogen) atoms. The lowest BCUT2D eigenvalue weighted by Gasteiger charge is -2.19. The van der Waals surface area contributed by atoms with Crippen LogP contribution in [0.2, 0.25) is 0 Å². The van der Waals surface area contributed by atoms with Gasteiger partial charge in [-0.05, 0) is 63.1 Å². The Kier molecular flexibility index (Phi) is 4.34. The van der Waals surface area contributed by atoms with E-state index in [1.54, 1.807) is 28.9 Å². The second kappa shape index (κ2) is 6.68. The maximum Gasteiger partial charge on any atom is 0.270 e. The molecule has 0 unspecified atom stereocenters. The second-order valence-corrected chi connectivity index (χ2v) is 7.45. The molecule has 2 atom stereocenters. The maximum absolute atomic E-state index is 12.7. The molecule has 6 nitrogen and oxygen atoms in total. The number of imide groups is 1. The average molecular weight is 365 g/mol. The third kappa shape index (κ3) is 2.95. The molecule has 2 fully saturated rings. The Hall–Kier alpha value is -2.89. The van der Waals surface area contributed by atoms with Gasteiger partial charge in [-0.1, -0.05) is 12.8 Å². The number of hydrogen-bond acceptors (Lipinski definition) is 3. The lowest BCUT2D eigenvalue weighted by atomic mass is 9.81. The quantitative estimate of drug-likeness (QED) is 0.849. The Morgan fingerprint density at radius 3 is 1.93 bits per heavy atom. The van der Waals surface area contributed by atoms with Crippen molar-refractivity contribution in [3.63, 3.8) is 0 Å². The molecule has 3 amide bonds.